The Bertz CT molecular complexity index is 453. The van der Waals surface area contributed by atoms with Gasteiger partial charge in [-0.15, -0.1) is 5.10 Å². The fourth-order valence-corrected chi connectivity index (χ4v) is 1.59. The lowest BCUT2D eigenvalue weighted by molar-refractivity contribution is 0.100. The number of carbonyl (C=O) groups excluding carboxylic acids is 1. The second kappa shape index (κ2) is 3.55. The molecule has 0 radical (unpaired) electrons. The molecule has 0 saturated heterocycles. The van der Waals surface area contributed by atoms with Crippen LogP contribution in [0.3, 0.4) is 0 Å². The third-order valence-corrected chi connectivity index (χ3v) is 2.31. The van der Waals surface area contributed by atoms with Crippen LogP contribution >= 0.6 is 11.5 Å². The predicted molar refractivity (Wildman–Crippen MR) is 53.9 cm³/mol. The van der Waals surface area contributed by atoms with Gasteiger partial charge < -0.3 is 5.73 Å². The number of amides is 1. The van der Waals surface area contributed by atoms with Crippen LogP contribution in [0, 0.1) is 0 Å². The molecule has 0 unspecified atom stereocenters. The maximum absolute atomic E-state index is 10.9. The summed E-state index contributed by atoms with van der Waals surface area (Å²) < 4.78 is 3.75. The largest absolute Gasteiger partial charge is 0.366 e. The number of aromatic nitrogens is 2. The average Bonchev–Trinajstić information content (AvgIpc) is 2.71. The van der Waals surface area contributed by atoms with E-state index >= 15 is 0 Å². The zero-order valence-electron chi connectivity index (χ0n) is 7.18. The molecule has 0 saturated carbocycles. The van der Waals surface area contributed by atoms with Crippen LogP contribution in [-0.4, -0.2) is 15.5 Å². The van der Waals surface area contributed by atoms with Crippen LogP contribution in [0.4, 0.5) is 0 Å². The first kappa shape index (κ1) is 8.83. The summed E-state index contributed by atoms with van der Waals surface area (Å²) in [7, 11) is 0. The van der Waals surface area contributed by atoms with Gasteiger partial charge in [0, 0.05) is 16.5 Å². The van der Waals surface area contributed by atoms with Gasteiger partial charge in [0.05, 0.1) is 0 Å². The molecule has 0 spiro atoms. The summed E-state index contributed by atoms with van der Waals surface area (Å²) in [5, 5.41) is 5.72. The molecule has 0 atom stereocenters. The van der Waals surface area contributed by atoms with Crippen LogP contribution in [0.2, 0.25) is 0 Å². The molecular weight excluding hydrogens is 198 g/mol. The van der Waals surface area contributed by atoms with E-state index in [-0.39, 0.29) is 0 Å². The van der Waals surface area contributed by atoms with E-state index in [2.05, 4.69) is 9.59 Å². The van der Waals surface area contributed by atoms with E-state index in [1.807, 2.05) is 11.4 Å². The van der Waals surface area contributed by atoms with E-state index in [0.29, 0.717) is 5.56 Å². The van der Waals surface area contributed by atoms with Crippen LogP contribution < -0.4 is 5.73 Å². The zero-order chi connectivity index (χ0) is 9.97. The van der Waals surface area contributed by atoms with E-state index in [1.165, 1.54) is 11.5 Å². The van der Waals surface area contributed by atoms with Crippen molar-refractivity contribution in [3.05, 3.63) is 35.2 Å². The Morgan fingerprint density at radius 2 is 2.29 bits per heavy atom. The number of benzene rings is 1. The van der Waals surface area contributed by atoms with Gasteiger partial charge in [-0.05, 0) is 23.7 Å². The van der Waals surface area contributed by atoms with Gasteiger partial charge in [0.2, 0.25) is 5.91 Å². The summed E-state index contributed by atoms with van der Waals surface area (Å²) in [4.78, 5) is 10.9. The molecule has 0 aliphatic carbocycles. The molecule has 0 aliphatic heterocycles. The number of nitrogens with two attached hydrogens (primary N) is 1. The molecule has 0 bridgehead atoms. The predicted octanol–water partition coefficient (Wildman–Crippen LogP) is 1.30. The van der Waals surface area contributed by atoms with Crippen molar-refractivity contribution in [1.82, 2.24) is 9.59 Å². The Balaban J connectivity index is 2.46. The van der Waals surface area contributed by atoms with Crippen molar-refractivity contribution in [2.75, 3.05) is 0 Å². The maximum atomic E-state index is 10.9. The number of nitrogens with zero attached hydrogens (tertiary/aromatic N) is 2. The molecule has 1 aromatic carbocycles. The van der Waals surface area contributed by atoms with Gasteiger partial charge in [0.1, 0.15) is 5.69 Å². The lowest BCUT2D eigenvalue weighted by Crippen LogP contribution is -2.10. The number of hydrogen-bond donors (Lipinski definition) is 1. The molecule has 1 amide bonds. The SMILES string of the molecule is NC(=O)c1cccc(-c2csnn2)c1. The Kier molecular flexibility index (Phi) is 2.24. The number of carbonyl (C=O) groups is 1. The Morgan fingerprint density at radius 1 is 1.43 bits per heavy atom. The standard InChI is InChI=1S/C9H7N3OS/c10-9(13)7-3-1-2-6(4-7)8-5-14-12-11-8/h1-5H,(H2,10,13). The Morgan fingerprint density at radius 3 is 2.93 bits per heavy atom. The van der Waals surface area contributed by atoms with Crippen LogP contribution in [-0.2, 0) is 0 Å². The van der Waals surface area contributed by atoms with Crippen molar-refractivity contribution in [2.24, 2.45) is 5.73 Å². The fourth-order valence-electron chi connectivity index (χ4n) is 1.12. The highest BCUT2D eigenvalue weighted by Crippen LogP contribution is 2.18. The minimum absolute atomic E-state index is 0.435. The molecule has 70 valence electrons. The van der Waals surface area contributed by atoms with E-state index < -0.39 is 5.91 Å². The second-order valence-corrected chi connectivity index (χ2v) is 3.35. The van der Waals surface area contributed by atoms with Crippen LogP contribution in [0.25, 0.3) is 11.3 Å². The topological polar surface area (TPSA) is 68.9 Å². The second-order valence-electron chi connectivity index (χ2n) is 2.74. The summed E-state index contributed by atoms with van der Waals surface area (Å²) in [6, 6.07) is 7.02. The van der Waals surface area contributed by atoms with Crippen LogP contribution in [0.1, 0.15) is 10.4 Å². The third-order valence-electron chi connectivity index (χ3n) is 1.80. The molecule has 14 heavy (non-hydrogen) atoms. The first-order chi connectivity index (χ1) is 6.77. The first-order valence-corrected chi connectivity index (χ1v) is 4.78. The van der Waals surface area contributed by atoms with Gasteiger partial charge in [-0.1, -0.05) is 16.6 Å². The smallest absolute Gasteiger partial charge is 0.248 e. The van der Waals surface area contributed by atoms with Crippen LogP contribution in [0.5, 0.6) is 0 Å². The number of hydrogen-bond acceptors (Lipinski definition) is 4. The minimum Gasteiger partial charge on any atom is -0.366 e. The lowest BCUT2D eigenvalue weighted by atomic mass is 10.1. The molecule has 0 aliphatic rings. The van der Waals surface area contributed by atoms with Crippen molar-refractivity contribution in [3.8, 4) is 11.3 Å². The fraction of sp³-hybridized carbons (Fsp3) is 0. The highest BCUT2D eigenvalue weighted by molar-refractivity contribution is 7.03. The minimum atomic E-state index is -0.435. The van der Waals surface area contributed by atoms with Crippen molar-refractivity contribution < 1.29 is 4.79 Å². The van der Waals surface area contributed by atoms with Crippen molar-refractivity contribution in [1.29, 1.82) is 0 Å². The van der Waals surface area contributed by atoms with Gasteiger partial charge >= 0.3 is 0 Å². The van der Waals surface area contributed by atoms with Crippen molar-refractivity contribution in [3.63, 3.8) is 0 Å². The number of primary amides is 1. The molecule has 1 aromatic heterocycles. The summed E-state index contributed by atoms with van der Waals surface area (Å²) in [6.07, 6.45) is 0. The van der Waals surface area contributed by atoms with Gasteiger partial charge in [-0.3, -0.25) is 4.79 Å². The molecule has 5 heteroatoms. The highest BCUT2D eigenvalue weighted by Gasteiger charge is 2.04. The van der Waals surface area contributed by atoms with Gasteiger partial charge in [0.15, 0.2) is 0 Å². The normalized spacial score (nSPS) is 10.0. The summed E-state index contributed by atoms with van der Waals surface area (Å²) in [5.74, 6) is -0.435. The summed E-state index contributed by atoms with van der Waals surface area (Å²) in [5.41, 5.74) is 7.26. The molecule has 1 heterocycles. The monoisotopic (exact) mass is 205 g/mol. The highest BCUT2D eigenvalue weighted by atomic mass is 32.1. The molecule has 2 aromatic rings. The van der Waals surface area contributed by atoms with Crippen molar-refractivity contribution in [2.45, 2.75) is 0 Å². The van der Waals surface area contributed by atoms with Crippen LogP contribution in [0.15, 0.2) is 29.6 Å². The summed E-state index contributed by atoms with van der Waals surface area (Å²) >= 11 is 1.27. The molecular formula is C9H7N3OS. The maximum Gasteiger partial charge on any atom is 0.248 e. The van der Waals surface area contributed by atoms with E-state index in [4.69, 9.17) is 5.73 Å². The quantitative estimate of drug-likeness (QED) is 0.803. The Labute approximate surface area is 84.5 Å². The third kappa shape index (κ3) is 1.62. The Hall–Kier alpha value is -1.75. The van der Waals surface area contributed by atoms with E-state index in [0.717, 1.165) is 11.3 Å². The molecule has 0 fully saturated rings. The van der Waals surface area contributed by atoms with Crippen molar-refractivity contribution >= 4 is 17.4 Å². The van der Waals surface area contributed by atoms with Gasteiger partial charge in [-0.25, -0.2) is 0 Å². The van der Waals surface area contributed by atoms with Gasteiger partial charge in [0.25, 0.3) is 0 Å². The molecule has 2 rings (SSSR count). The van der Waals surface area contributed by atoms with E-state index in [1.54, 1.807) is 18.2 Å². The molecule has 4 nitrogen and oxygen atoms in total. The first-order valence-electron chi connectivity index (χ1n) is 3.94. The zero-order valence-corrected chi connectivity index (χ0v) is 7.99. The number of rotatable bonds is 2. The molecule has 2 N–H and O–H groups in total. The average molecular weight is 205 g/mol. The van der Waals surface area contributed by atoms with E-state index in [9.17, 15) is 4.79 Å². The van der Waals surface area contributed by atoms with Gasteiger partial charge in [-0.2, -0.15) is 0 Å². The lowest BCUT2D eigenvalue weighted by Gasteiger charge is -1.98. The summed E-state index contributed by atoms with van der Waals surface area (Å²) in [6.45, 7) is 0.